The van der Waals surface area contributed by atoms with Crippen molar-refractivity contribution < 1.29 is 32.2 Å². The van der Waals surface area contributed by atoms with E-state index in [4.69, 9.17) is 4.74 Å². The van der Waals surface area contributed by atoms with Gasteiger partial charge < -0.3 is 14.8 Å². The zero-order chi connectivity index (χ0) is 16.1. The maximum atomic E-state index is 12.5. The molecule has 1 amide bonds. The van der Waals surface area contributed by atoms with Crippen molar-refractivity contribution in [2.24, 2.45) is 5.92 Å². The van der Waals surface area contributed by atoms with Crippen LogP contribution in [0.25, 0.3) is 0 Å². The van der Waals surface area contributed by atoms with Crippen LogP contribution in [-0.4, -0.2) is 37.0 Å². The first kappa shape index (κ1) is 18.5. The first-order valence-corrected chi connectivity index (χ1v) is 6.01. The molecule has 0 bridgehead atoms. The van der Waals surface area contributed by atoms with Crippen LogP contribution in [0.3, 0.4) is 0 Å². The van der Waals surface area contributed by atoms with Crippen molar-refractivity contribution in [1.29, 1.82) is 0 Å². The molecule has 0 aliphatic carbocycles. The number of halogens is 3. The Balaban J connectivity index is 4.75. The van der Waals surface area contributed by atoms with Crippen molar-refractivity contribution in [1.82, 2.24) is 5.32 Å². The lowest BCUT2D eigenvalue weighted by Crippen LogP contribution is -2.46. The molecule has 0 radical (unpaired) electrons. The average Bonchev–Trinajstić information content (AvgIpc) is 2.22. The molecule has 118 valence electrons. The first-order valence-electron chi connectivity index (χ1n) is 6.01. The zero-order valence-electron chi connectivity index (χ0n) is 12.1. The average molecular weight is 299 g/mol. The Morgan fingerprint density at radius 3 is 2.05 bits per heavy atom. The van der Waals surface area contributed by atoms with Crippen molar-refractivity contribution in [2.45, 2.75) is 51.9 Å². The Morgan fingerprint density at radius 2 is 1.70 bits per heavy atom. The van der Waals surface area contributed by atoms with Crippen molar-refractivity contribution in [3.05, 3.63) is 0 Å². The topological polar surface area (TPSA) is 64.6 Å². The molecule has 0 aromatic carbocycles. The van der Waals surface area contributed by atoms with Crippen LogP contribution in [0.15, 0.2) is 0 Å². The highest BCUT2D eigenvalue weighted by molar-refractivity contribution is 5.81. The molecule has 0 fully saturated rings. The molecule has 0 unspecified atom stereocenters. The lowest BCUT2D eigenvalue weighted by atomic mass is 10.0. The molecule has 0 aromatic rings. The van der Waals surface area contributed by atoms with Gasteiger partial charge in [-0.1, -0.05) is 6.92 Å². The van der Waals surface area contributed by atoms with Gasteiger partial charge in [0.15, 0.2) is 0 Å². The number of alkyl carbamates (subject to hydrolysis) is 1. The third kappa shape index (κ3) is 7.20. The normalized spacial score (nSPS) is 15.2. The van der Waals surface area contributed by atoms with Crippen molar-refractivity contribution >= 4 is 12.1 Å². The van der Waals surface area contributed by atoms with E-state index in [0.29, 0.717) is 0 Å². The summed E-state index contributed by atoms with van der Waals surface area (Å²) in [4.78, 5) is 22.9. The molecule has 8 heteroatoms. The zero-order valence-corrected chi connectivity index (χ0v) is 12.1. The molecule has 0 heterocycles. The number of nitrogens with one attached hydrogen (secondary N) is 1. The summed E-state index contributed by atoms with van der Waals surface area (Å²) in [5.74, 6) is -2.71. The number of carbonyl (C=O) groups is 2. The van der Waals surface area contributed by atoms with E-state index in [1.807, 2.05) is 0 Å². The summed E-state index contributed by atoms with van der Waals surface area (Å²) < 4.78 is 46.7. The molecule has 1 N–H and O–H groups in total. The molecule has 0 rings (SSSR count). The van der Waals surface area contributed by atoms with Crippen molar-refractivity contribution in [3.8, 4) is 0 Å². The van der Waals surface area contributed by atoms with Crippen LogP contribution >= 0.6 is 0 Å². The predicted molar refractivity (Wildman–Crippen MR) is 65.0 cm³/mol. The van der Waals surface area contributed by atoms with Crippen LogP contribution in [0.2, 0.25) is 0 Å². The van der Waals surface area contributed by atoms with Gasteiger partial charge in [-0.2, -0.15) is 13.2 Å². The number of esters is 1. The van der Waals surface area contributed by atoms with Crippen LogP contribution < -0.4 is 5.32 Å². The van der Waals surface area contributed by atoms with Gasteiger partial charge in [-0.15, -0.1) is 0 Å². The van der Waals surface area contributed by atoms with Crippen LogP contribution in [-0.2, 0) is 14.3 Å². The van der Waals surface area contributed by atoms with Gasteiger partial charge in [0, 0.05) is 0 Å². The number of amides is 1. The van der Waals surface area contributed by atoms with E-state index in [2.05, 4.69) is 10.1 Å². The van der Waals surface area contributed by atoms with Gasteiger partial charge in [0.05, 0.1) is 13.0 Å². The van der Waals surface area contributed by atoms with Gasteiger partial charge in [0.2, 0.25) is 0 Å². The highest BCUT2D eigenvalue weighted by Gasteiger charge is 2.39. The van der Waals surface area contributed by atoms with Gasteiger partial charge in [0.1, 0.15) is 11.6 Å². The fourth-order valence-electron chi connectivity index (χ4n) is 1.29. The number of hydrogen-bond acceptors (Lipinski definition) is 4. The first-order chi connectivity index (χ1) is 8.86. The fraction of sp³-hybridized carbons (Fsp3) is 0.833. The summed E-state index contributed by atoms with van der Waals surface area (Å²) in [7, 11) is 1.03. The monoisotopic (exact) mass is 299 g/mol. The minimum atomic E-state index is -4.46. The Kier molecular flexibility index (Phi) is 6.31. The van der Waals surface area contributed by atoms with E-state index < -0.39 is 42.2 Å². The van der Waals surface area contributed by atoms with Gasteiger partial charge in [-0.25, -0.2) is 9.59 Å². The van der Waals surface area contributed by atoms with Crippen LogP contribution in [0.5, 0.6) is 0 Å². The Hall–Kier alpha value is -1.47. The Morgan fingerprint density at radius 1 is 1.20 bits per heavy atom. The smallest absolute Gasteiger partial charge is 0.408 e. The maximum Gasteiger partial charge on any atom is 0.408 e. The largest absolute Gasteiger partial charge is 0.467 e. The number of alkyl halides is 3. The molecule has 20 heavy (non-hydrogen) atoms. The molecular weight excluding hydrogens is 279 g/mol. The van der Waals surface area contributed by atoms with Crippen molar-refractivity contribution in [2.75, 3.05) is 7.11 Å². The van der Waals surface area contributed by atoms with Gasteiger partial charge >= 0.3 is 18.2 Å². The molecule has 0 saturated heterocycles. The molecular formula is C12H20F3NO4. The highest BCUT2D eigenvalue weighted by Crippen LogP contribution is 2.29. The van der Waals surface area contributed by atoms with Crippen LogP contribution in [0.1, 0.15) is 34.1 Å². The number of hydrogen-bond donors (Lipinski definition) is 1. The van der Waals surface area contributed by atoms with E-state index in [-0.39, 0.29) is 0 Å². The minimum absolute atomic E-state index is 0.616. The fourth-order valence-corrected chi connectivity index (χ4v) is 1.29. The van der Waals surface area contributed by atoms with E-state index in [1.165, 1.54) is 0 Å². The molecule has 0 spiro atoms. The summed E-state index contributed by atoms with van der Waals surface area (Å²) >= 11 is 0. The van der Waals surface area contributed by atoms with Crippen molar-refractivity contribution in [3.63, 3.8) is 0 Å². The molecule has 0 saturated carbocycles. The number of ether oxygens (including phenoxy) is 2. The second kappa shape index (κ2) is 6.81. The van der Waals surface area contributed by atoms with E-state index in [9.17, 15) is 22.8 Å². The second-order valence-corrected chi connectivity index (χ2v) is 5.40. The number of carbonyl (C=O) groups excluding carboxylic acids is 2. The third-order valence-electron chi connectivity index (χ3n) is 2.32. The second-order valence-electron chi connectivity index (χ2n) is 5.40. The highest BCUT2D eigenvalue weighted by atomic mass is 19.4. The molecule has 5 nitrogen and oxygen atoms in total. The Labute approximate surface area is 115 Å². The van der Waals surface area contributed by atoms with Gasteiger partial charge in [-0.05, 0) is 27.2 Å². The SMILES string of the molecule is COC(=O)[C@H](C[C@H](C)C(F)(F)F)NC(=O)OC(C)(C)C. The Bertz CT molecular complexity index is 350. The maximum absolute atomic E-state index is 12.5. The molecule has 2 atom stereocenters. The number of rotatable bonds is 4. The minimum Gasteiger partial charge on any atom is -0.467 e. The van der Waals surface area contributed by atoms with E-state index >= 15 is 0 Å². The summed E-state index contributed by atoms with van der Waals surface area (Å²) in [6.45, 7) is 5.71. The predicted octanol–water partition coefficient (Wildman–Crippen LogP) is 2.64. The summed E-state index contributed by atoms with van der Waals surface area (Å²) in [6, 6.07) is -1.41. The summed E-state index contributed by atoms with van der Waals surface area (Å²) in [5.41, 5.74) is -0.819. The summed E-state index contributed by atoms with van der Waals surface area (Å²) in [6.07, 6.45) is -6.04. The molecule has 0 aliphatic rings. The van der Waals surface area contributed by atoms with Crippen LogP contribution in [0, 0.1) is 5.92 Å². The molecule has 0 aromatic heterocycles. The standard InChI is InChI=1S/C12H20F3NO4/c1-7(12(13,14)15)6-8(9(17)19-5)16-10(18)20-11(2,3)4/h7-8H,6H2,1-5H3,(H,16,18)/t7-,8-/m0/s1. The van der Waals surface area contributed by atoms with Gasteiger partial charge in [0.25, 0.3) is 0 Å². The summed E-state index contributed by atoms with van der Waals surface area (Å²) in [5, 5.41) is 2.09. The van der Waals surface area contributed by atoms with E-state index in [1.54, 1.807) is 20.8 Å². The van der Waals surface area contributed by atoms with Crippen LogP contribution in [0.4, 0.5) is 18.0 Å². The van der Waals surface area contributed by atoms with Gasteiger partial charge in [-0.3, -0.25) is 0 Å². The lowest BCUT2D eigenvalue weighted by molar-refractivity contribution is -0.174. The number of methoxy groups -OCH3 is 1. The third-order valence-corrected chi connectivity index (χ3v) is 2.32. The van der Waals surface area contributed by atoms with E-state index in [0.717, 1.165) is 14.0 Å². The lowest BCUT2D eigenvalue weighted by Gasteiger charge is -2.24. The molecule has 0 aliphatic heterocycles. The quantitative estimate of drug-likeness (QED) is 0.811.